The Labute approximate surface area is 322 Å². The van der Waals surface area contributed by atoms with Gasteiger partial charge in [0.15, 0.2) is 0 Å². The highest BCUT2D eigenvalue weighted by atomic mass is 31.2. The average Bonchev–Trinajstić information content (AvgIpc) is 3.28. The summed E-state index contributed by atoms with van der Waals surface area (Å²) in [6.45, 7) is 11.7. The number of amides is 3. The summed E-state index contributed by atoms with van der Waals surface area (Å²) in [5.41, 5.74) is 3.05. The molecule has 2 rings (SSSR count). The van der Waals surface area contributed by atoms with Gasteiger partial charge in [0.1, 0.15) is 12.6 Å². The first-order valence-electron chi connectivity index (χ1n) is 18.3. The van der Waals surface area contributed by atoms with Crippen LogP contribution in [0.1, 0.15) is 76.3 Å². The van der Waals surface area contributed by atoms with E-state index in [0.717, 1.165) is 28.0 Å². The van der Waals surface area contributed by atoms with E-state index in [0.29, 0.717) is 25.8 Å². The van der Waals surface area contributed by atoms with Gasteiger partial charge >= 0.3 is 14.7 Å². The summed E-state index contributed by atoms with van der Waals surface area (Å²) in [6, 6.07) is 6.35. The molecule has 0 bridgehead atoms. The van der Waals surface area contributed by atoms with Crippen molar-refractivity contribution in [3.8, 4) is 11.8 Å². The van der Waals surface area contributed by atoms with E-state index in [1.54, 1.807) is 6.92 Å². The second-order valence-corrected chi connectivity index (χ2v) is 13.6. The fraction of sp³-hybridized carbons (Fsp3) is 0.463. The minimum atomic E-state index is -2.38. The predicted molar refractivity (Wildman–Crippen MR) is 213 cm³/mol. The van der Waals surface area contributed by atoms with Crippen molar-refractivity contribution >= 4 is 32.3 Å². The summed E-state index contributed by atoms with van der Waals surface area (Å²) in [7, 11) is -1.17. The number of allylic oxidation sites excluding steroid dienone is 6. The van der Waals surface area contributed by atoms with Gasteiger partial charge in [0.25, 0.3) is 5.91 Å². The molecule has 4 N–H and O–H groups in total. The highest BCUT2D eigenvalue weighted by Crippen LogP contribution is 2.32. The molecule has 12 nitrogen and oxygen atoms in total. The van der Waals surface area contributed by atoms with Gasteiger partial charge < -0.3 is 39.5 Å². The van der Waals surface area contributed by atoms with E-state index < -0.39 is 44.9 Å². The zero-order valence-corrected chi connectivity index (χ0v) is 33.1. The molecular formula is C41H57N4O8P. The molecule has 13 heteroatoms. The van der Waals surface area contributed by atoms with Crippen molar-refractivity contribution in [1.29, 1.82) is 0 Å². The van der Waals surface area contributed by atoms with Gasteiger partial charge in [0.05, 0.1) is 19.1 Å². The van der Waals surface area contributed by atoms with Crippen molar-refractivity contribution in [2.45, 2.75) is 71.3 Å². The van der Waals surface area contributed by atoms with Gasteiger partial charge in [-0.1, -0.05) is 93.5 Å². The first-order chi connectivity index (χ1) is 26.1. The zero-order valence-electron chi connectivity index (χ0n) is 32.2. The van der Waals surface area contributed by atoms with Gasteiger partial charge in [-0.25, -0.2) is 4.79 Å². The quantitative estimate of drug-likeness (QED) is 0.0486. The van der Waals surface area contributed by atoms with Crippen LogP contribution in [-0.2, 0) is 28.2 Å². The number of rotatable bonds is 22. The first-order valence-corrected chi connectivity index (χ1v) is 19.5. The Morgan fingerprint density at radius 2 is 1.91 bits per heavy atom. The third-order valence-corrected chi connectivity index (χ3v) is 9.15. The fourth-order valence-corrected chi connectivity index (χ4v) is 5.97. The van der Waals surface area contributed by atoms with Crippen LogP contribution in [0.2, 0.25) is 0 Å². The molecule has 1 aliphatic rings. The summed E-state index contributed by atoms with van der Waals surface area (Å²) < 4.78 is 15.7. The van der Waals surface area contributed by atoms with Crippen molar-refractivity contribution in [3.63, 3.8) is 0 Å². The molecule has 294 valence electrons. The number of ketones is 1. The van der Waals surface area contributed by atoms with Crippen LogP contribution in [0.15, 0.2) is 85.1 Å². The summed E-state index contributed by atoms with van der Waals surface area (Å²) >= 11 is 0. The van der Waals surface area contributed by atoms with Crippen molar-refractivity contribution in [2.75, 3.05) is 46.5 Å². The van der Waals surface area contributed by atoms with Gasteiger partial charge in [-0.3, -0.25) is 14.4 Å². The maximum Gasteiger partial charge on any atom is 0.407 e. The lowest BCUT2D eigenvalue weighted by molar-refractivity contribution is -0.147. The van der Waals surface area contributed by atoms with E-state index in [-0.39, 0.29) is 44.0 Å². The Balaban J connectivity index is 2.16. The molecule has 0 saturated carbocycles. The first kappa shape index (κ1) is 45.6. The van der Waals surface area contributed by atoms with E-state index in [1.807, 2.05) is 93.8 Å². The largest absolute Gasteiger partial charge is 0.449 e. The Hall–Kier alpha value is -4.53. The van der Waals surface area contributed by atoms with Crippen LogP contribution in [0, 0.1) is 17.8 Å². The molecule has 1 aromatic carbocycles. The molecule has 0 fully saturated rings. The van der Waals surface area contributed by atoms with Crippen LogP contribution in [0.3, 0.4) is 0 Å². The van der Waals surface area contributed by atoms with Crippen molar-refractivity contribution in [1.82, 2.24) is 20.9 Å². The number of hydrogen-bond donors (Lipinski definition) is 4. The van der Waals surface area contributed by atoms with Gasteiger partial charge in [-0.2, -0.15) is 0 Å². The minimum Gasteiger partial charge on any atom is -0.449 e. The lowest BCUT2D eigenvalue weighted by Crippen LogP contribution is -2.52. The van der Waals surface area contributed by atoms with Gasteiger partial charge in [-0.15, -0.1) is 12.5 Å². The molecule has 0 saturated heterocycles. The maximum absolute atomic E-state index is 13.6. The lowest BCUT2D eigenvalue weighted by Gasteiger charge is -2.25. The molecule has 5 unspecified atom stereocenters. The molecule has 3 amide bonds. The highest BCUT2D eigenvalue weighted by Gasteiger charge is 2.33. The standard InChI is InChI=1S/C41H57N4O8P/c1-7-11-13-20-34(36-22-16-15-21-35(36)31(5)10-4)29-52-41(49)44-37(30-53-54(50)51-6)39(47)40(48)45(26-9-3)28-38(46)43-25-23-33-27-42-24-17-12-14-19-32(33)18-8-2/h10-17,19,21-22,27,31-32,34,37,42,50H,4,7,9,20,23-26,28-30H2,1-3,5-6H3,(H,43,46)(H,44,49)/b13-11-,17-12-,19-14-,33-27-. The number of hydrogen-bond acceptors (Lipinski definition) is 9. The maximum atomic E-state index is 13.6. The van der Waals surface area contributed by atoms with Crippen LogP contribution in [0.25, 0.3) is 0 Å². The molecule has 5 atom stereocenters. The summed E-state index contributed by atoms with van der Waals surface area (Å²) in [5.74, 6) is 3.36. The van der Waals surface area contributed by atoms with E-state index in [4.69, 9.17) is 13.8 Å². The fourth-order valence-electron chi connectivity index (χ4n) is 5.59. The number of nitrogens with one attached hydrogen (secondary N) is 3. The normalized spacial score (nSPS) is 18.3. The average molecular weight is 765 g/mol. The summed E-state index contributed by atoms with van der Waals surface area (Å²) in [4.78, 5) is 64.5. The van der Waals surface area contributed by atoms with E-state index in [1.165, 1.54) is 7.11 Å². The second kappa shape index (κ2) is 26.3. The van der Waals surface area contributed by atoms with E-state index in [9.17, 15) is 24.1 Å². The summed E-state index contributed by atoms with van der Waals surface area (Å²) in [6.07, 6.45) is 17.2. The number of ether oxygens (including phenoxy) is 1. The van der Waals surface area contributed by atoms with Gasteiger partial charge in [-0.05, 0) is 61.4 Å². The predicted octanol–water partition coefficient (Wildman–Crippen LogP) is 5.95. The number of nitrogens with zero attached hydrogens (tertiary/aromatic N) is 1. The lowest BCUT2D eigenvalue weighted by atomic mass is 9.86. The van der Waals surface area contributed by atoms with E-state index in [2.05, 4.69) is 34.4 Å². The van der Waals surface area contributed by atoms with Crippen molar-refractivity contribution in [3.05, 3.63) is 96.3 Å². The Morgan fingerprint density at radius 1 is 1.15 bits per heavy atom. The number of alkyl carbamates (subject to hydrolysis) is 1. The highest BCUT2D eigenvalue weighted by molar-refractivity contribution is 7.40. The van der Waals surface area contributed by atoms with Crippen LogP contribution in [0.5, 0.6) is 0 Å². The molecule has 1 aromatic rings. The van der Waals surface area contributed by atoms with Gasteiger partial charge in [0, 0.05) is 32.7 Å². The Morgan fingerprint density at radius 3 is 2.59 bits per heavy atom. The second-order valence-electron chi connectivity index (χ2n) is 12.5. The topological polar surface area (TPSA) is 156 Å². The molecule has 54 heavy (non-hydrogen) atoms. The molecule has 0 radical (unpaired) electrons. The Bertz CT molecular complexity index is 1560. The molecule has 0 spiro atoms. The molecule has 0 aliphatic carbocycles. The number of carbonyl (C=O) groups is 4. The Kier molecular flexibility index (Phi) is 22.2. The third kappa shape index (κ3) is 16.2. The number of benzene rings is 1. The van der Waals surface area contributed by atoms with Crippen LogP contribution in [-0.4, -0.2) is 86.0 Å². The molecular weight excluding hydrogens is 707 g/mol. The summed E-state index contributed by atoms with van der Waals surface area (Å²) in [5, 5.41) is 8.51. The molecule has 1 aliphatic heterocycles. The SMILES string of the molecule is C=CC(C)c1ccccc1C(C/C=C\CC)COC(=O)NC(COP(O)OC)C(=O)C(=O)N(CCC)CC(=O)NCC/C1=C/NC/C=C\C=C/C1C#CC. The van der Waals surface area contributed by atoms with Crippen LogP contribution >= 0.6 is 8.60 Å². The van der Waals surface area contributed by atoms with Crippen molar-refractivity contribution in [2.24, 2.45) is 5.92 Å². The van der Waals surface area contributed by atoms with Crippen LogP contribution in [0.4, 0.5) is 4.79 Å². The van der Waals surface area contributed by atoms with Crippen LogP contribution < -0.4 is 16.0 Å². The number of carbonyl (C=O) groups excluding carboxylic acids is 4. The van der Waals surface area contributed by atoms with Crippen molar-refractivity contribution < 1.29 is 37.9 Å². The zero-order chi connectivity index (χ0) is 39.7. The third-order valence-electron chi connectivity index (χ3n) is 8.47. The molecule has 0 aromatic heterocycles. The minimum absolute atomic E-state index is 0.0186. The smallest absolute Gasteiger partial charge is 0.407 e. The number of Topliss-reactive ketones (excluding diaryl/α,β-unsaturated/α-hetero) is 1. The van der Waals surface area contributed by atoms with Gasteiger partial charge in [0.2, 0.25) is 11.7 Å². The monoisotopic (exact) mass is 764 g/mol. The molecule has 1 heterocycles. The van der Waals surface area contributed by atoms with E-state index >= 15 is 0 Å².